The molecule has 27 heavy (non-hydrogen) atoms. The Morgan fingerprint density at radius 2 is 1.59 bits per heavy atom. The predicted molar refractivity (Wildman–Crippen MR) is 105 cm³/mol. The van der Waals surface area contributed by atoms with E-state index in [1.165, 1.54) is 6.26 Å². The molecule has 1 aliphatic heterocycles. The molecule has 0 unspecified atom stereocenters. The van der Waals surface area contributed by atoms with Gasteiger partial charge in [0.15, 0.2) is 9.84 Å². The van der Waals surface area contributed by atoms with Gasteiger partial charge in [0.05, 0.1) is 10.5 Å². The first-order valence-corrected chi connectivity index (χ1v) is 10.6. The fourth-order valence-electron chi connectivity index (χ4n) is 3.24. The van der Waals surface area contributed by atoms with Gasteiger partial charge in [0.25, 0.3) is 5.91 Å². The smallest absolute Gasteiger partial charge is 0.255 e. The first-order valence-electron chi connectivity index (χ1n) is 8.73. The quantitative estimate of drug-likeness (QED) is 0.719. The van der Waals surface area contributed by atoms with E-state index in [-0.39, 0.29) is 10.8 Å². The third-order valence-corrected chi connectivity index (χ3v) is 5.74. The molecule has 6 heteroatoms. The maximum Gasteiger partial charge on any atom is 0.255 e. The number of hydrogen-bond donors (Lipinski definition) is 0. The number of rotatable bonds is 6. The van der Waals surface area contributed by atoms with Gasteiger partial charge in [-0.15, -0.1) is 0 Å². The first-order chi connectivity index (χ1) is 12.8. The Morgan fingerprint density at radius 1 is 1.00 bits per heavy atom. The fraction of sp³-hybridized carbons (Fsp3) is 0.238. The van der Waals surface area contributed by atoms with Gasteiger partial charge in [0.1, 0.15) is 6.29 Å². The van der Waals surface area contributed by atoms with Crippen LogP contribution in [0.5, 0.6) is 0 Å². The topological polar surface area (TPSA) is 71.5 Å². The average Bonchev–Trinajstić information content (AvgIpc) is 2.98. The van der Waals surface area contributed by atoms with Crippen molar-refractivity contribution in [2.45, 2.75) is 18.2 Å². The van der Waals surface area contributed by atoms with Crippen LogP contribution >= 0.6 is 0 Å². The summed E-state index contributed by atoms with van der Waals surface area (Å²) in [6, 6.07) is 13.6. The van der Waals surface area contributed by atoms with Gasteiger partial charge in [0, 0.05) is 24.9 Å². The number of sulfone groups is 1. The second kappa shape index (κ2) is 7.48. The molecule has 1 amide bonds. The molecule has 0 saturated heterocycles. The van der Waals surface area contributed by atoms with Crippen molar-refractivity contribution < 1.29 is 18.0 Å². The van der Waals surface area contributed by atoms with Gasteiger partial charge in [-0.05, 0) is 35.3 Å². The van der Waals surface area contributed by atoms with Crippen LogP contribution in [0.15, 0.2) is 53.4 Å². The lowest BCUT2D eigenvalue weighted by atomic mass is 9.96. The number of benzene rings is 2. The molecule has 0 bridgehead atoms. The molecule has 3 rings (SSSR count). The Kier molecular flexibility index (Phi) is 5.28. The van der Waals surface area contributed by atoms with E-state index in [1.54, 1.807) is 53.4 Å². The van der Waals surface area contributed by atoms with Crippen molar-refractivity contribution in [1.82, 2.24) is 4.90 Å². The van der Waals surface area contributed by atoms with Crippen molar-refractivity contribution in [2.24, 2.45) is 0 Å². The summed E-state index contributed by atoms with van der Waals surface area (Å²) in [6.45, 7) is 3.15. The van der Waals surface area contributed by atoms with Crippen molar-refractivity contribution in [1.29, 1.82) is 0 Å². The van der Waals surface area contributed by atoms with E-state index in [4.69, 9.17) is 0 Å². The van der Waals surface area contributed by atoms with Gasteiger partial charge in [-0.2, -0.15) is 0 Å². The standard InChI is InChI=1S/C21H21NO4S/c1-3-12-22-13-19(16-8-10-18(11-9-16)27(2,25)26)20(21(22)24)17-6-4-15(14-23)5-7-17/h4-11,14H,3,12-13H2,1-2H3. The van der Waals surface area contributed by atoms with E-state index in [0.29, 0.717) is 24.2 Å². The first kappa shape index (κ1) is 19.0. The highest BCUT2D eigenvalue weighted by Gasteiger charge is 2.31. The summed E-state index contributed by atoms with van der Waals surface area (Å²) in [4.78, 5) is 25.9. The third kappa shape index (κ3) is 3.85. The van der Waals surface area contributed by atoms with Gasteiger partial charge in [-0.25, -0.2) is 8.42 Å². The molecular weight excluding hydrogens is 362 g/mol. The largest absolute Gasteiger partial charge is 0.334 e. The molecule has 1 aliphatic rings. The monoisotopic (exact) mass is 383 g/mol. The minimum atomic E-state index is -3.27. The van der Waals surface area contributed by atoms with Crippen LogP contribution in [-0.4, -0.2) is 44.9 Å². The zero-order valence-corrected chi connectivity index (χ0v) is 16.1. The van der Waals surface area contributed by atoms with Crippen LogP contribution in [0.2, 0.25) is 0 Å². The van der Waals surface area contributed by atoms with Crippen molar-refractivity contribution in [2.75, 3.05) is 19.3 Å². The number of amides is 1. The van der Waals surface area contributed by atoms with E-state index in [1.807, 2.05) is 6.92 Å². The molecule has 0 aromatic heterocycles. The zero-order chi connectivity index (χ0) is 19.6. The van der Waals surface area contributed by atoms with Crippen molar-refractivity contribution in [3.8, 4) is 0 Å². The lowest BCUT2D eigenvalue weighted by molar-refractivity contribution is -0.123. The number of nitrogens with zero attached hydrogens (tertiary/aromatic N) is 1. The van der Waals surface area contributed by atoms with Crippen LogP contribution in [-0.2, 0) is 14.6 Å². The molecule has 0 spiro atoms. The molecule has 0 aliphatic carbocycles. The van der Waals surface area contributed by atoms with Crippen molar-refractivity contribution in [3.63, 3.8) is 0 Å². The summed E-state index contributed by atoms with van der Waals surface area (Å²) >= 11 is 0. The molecule has 0 atom stereocenters. The number of carbonyl (C=O) groups is 2. The van der Waals surface area contributed by atoms with Gasteiger partial charge < -0.3 is 4.90 Å². The lowest BCUT2D eigenvalue weighted by Gasteiger charge is -2.15. The Morgan fingerprint density at radius 3 is 2.11 bits per heavy atom. The molecule has 2 aromatic rings. The molecule has 1 heterocycles. The molecular formula is C21H21NO4S. The summed E-state index contributed by atoms with van der Waals surface area (Å²) in [7, 11) is -3.27. The van der Waals surface area contributed by atoms with E-state index in [9.17, 15) is 18.0 Å². The van der Waals surface area contributed by atoms with Crippen LogP contribution in [0.25, 0.3) is 11.1 Å². The van der Waals surface area contributed by atoms with E-state index in [0.717, 1.165) is 29.4 Å². The molecule has 0 radical (unpaired) electrons. The van der Waals surface area contributed by atoms with Crippen molar-refractivity contribution >= 4 is 33.2 Å². The fourth-order valence-corrected chi connectivity index (χ4v) is 3.87. The molecule has 0 saturated carbocycles. The van der Waals surface area contributed by atoms with Crippen LogP contribution in [0.3, 0.4) is 0 Å². The van der Waals surface area contributed by atoms with Gasteiger partial charge in [-0.1, -0.05) is 43.3 Å². The zero-order valence-electron chi connectivity index (χ0n) is 15.3. The molecule has 0 fully saturated rings. The second-order valence-corrected chi connectivity index (χ2v) is 8.63. The summed E-state index contributed by atoms with van der Waals surface area (Å²) < 4.78 is 23.4. The Bertz CT molecular complexity index is 1000. The summed E-state index contributed by atoms with van der Waals surface area (Å²) in [6.07, 6.45) is 2.79. The van der Waals surface area contributed by atoms with Crippen LogP contribution in [0.4, 0.5) is 0 Å². The molecule has 140 valence electrons. The SMILES string of the molecule is CCCN1CC(c2ccc(S(C)(=O)=O)cc2)=C(c2ccc(C=O)cc2)C1=O. The number of aldehydes is 1. The van der Waals surface area contributed by atoms with Gasteiger partial charge in [-0.3, -0.25) is 9.59 Å². The van der Waals surface area contributed by atoms with Gasteiger partial charge in [0.2, 0.25) is 0 Å². The summed E-state index contributed by atoms with van der Waals surface area (Å²) in [5, 5.41) is 0. The Labute approximate surface area is 159 Å². The Balaban J connectivity index is 2.09. The lowest BCUT2D eigenvalue weighted by Crippen LogP contribution is -2.27. The minimum Gasteiger partial charge on any atom is -0.334 e. The minimum absolute atomic E-state index is 0.0436. The third-order valence-electron chi connectivity index (χ3n) is 4.61. The normalized spacial score (nSPS) is 14.7. The van der Waals surface area contributed by atoms with Crippen LogP contribution < -0.4 is 0 Å². The maximum atomic E-state index is 13.0. The molecule has 0 N–H and O–H groups in total. The highest BCUT2D eigenvalue weighted by Crippen LogP contribution is 2.35. The summed E-state index contributed by atoms with van der Waals surface area (Å²) in [5.74, 6) is -0.0436. The van der Waals surface area contributed by atoms with E-state index < -0.39 is 9.84 Å². The second-order valence-electron chi connectivity index (χ2n) is 6.62. The Hall–Kier alpha value is -2.73. The highest BCUT2D eigenvalue weighted by molar-refractivity contribution is 7.90. The van der Waals surface area contributed by atoms with Crippen LogP contribution in [0.1, 0.15) is 34.8 Å². The summed E-state index contributed by atoms with van der Waals surface area (Å²) in [5.41, 5.74) is 3.60. The predicted octanol–water partition coefficient (Wildman–Crippen LogP) is 3.07. The molecule has 2 aromatic carbocycles. The van der Waals surface area contributed by atoms with Crippen LogP contribution in [0, 0.1) is 0 Å². The van der Waals surface area contributed by atoms with E-state index in [2.05, 4.69) is 0 Å². The number of carbonyl (C=O) groups excluding carboxylic acids is 2. The molecule has 5 nitrogen and oxygen atoms in total. The van der Waals surface area contributed by atoms with E-state index >= 15 is 0 Å². The number of hydrogen-bond acceptors (Lipinski definition) is 4. The average molecular weight is 383 g/mol. The highest BCUT2D eigenvalue weighted by atomic mass is 32.2. The van der Waals surface area contributed by atoms with Gasteiger partial charge >= 0.3 is 0 Å². The maximum absolute atomic E-state index is 13.0. The van der Waals surface area contributed by atoms with Crippen molar-refractivity contribution in [3.05, 3.63) is 65.2 Å².